The number of carbonyl (C=O) groups excluding carboxylic acids is 1. The number of hydrogen-bond acceptors (Lipinski definition) is 4. The average Bonchev–Trinajstić information content (AvgIpc) is 2.82. The van der Waals surface area contributed by atoms with E-state index in [0.717, 1.165) is 47.1 Å². The zero-order valence-corrected chi connectivity index (χ0v) is 15.4. The molecule has 0 spiro atoms. The lowest BCUT2D eigenvalue weighted by Gasteiger charge is -2.19. The Morgan fingerprint density at radius 2 is 2.09 bits per heavy atom. The van der Waals surface area contributed by atoms with Crippen LogP contribution < -0.4 is 5.32 Å². The maximum atomic E-state index is 11.5. The number of oxazole rings is 1. The van der Waals surface area contributed by atoms with Crippen molar-refractivity contribution in [2.45, 2.75) is 52.1 Å². The van der Waals surface area contributed by atoms with Crippen LogP contribution in [0.3, 0.4) is 0 Å². The van der Waals surface area contributed by atoms with Gasteiger partial charge in [-0.05, 0) is 51.8 Å². The topological polar surface area (TPSA) is 64.4 Å². The van der Waals surface area contributed by atoms with Gasteiger partial charge in [-0.15, -0.1) is 0 Å². The molecule has 0 aliphatic carbocycles. The van der Waals surface area contributed by atoms with Crippen LogP contribution in [-0.2, 0) is 11.2 Å². The molecule has 1 heterocycles. The Balaban J connectivity index is 1.64. The van der Waals surface area contributed by atoms with Crippen molar-refractivity contribution in [3.05, 3.63) is 28.6 Å². The van der Waals surface area contributed by atoms with Crippen LogP contribution in [0.2, 0.25) is 0 Å². The molecule has 0 radical (unpaired) electrons. The van der Waals surface area contributed by atoms with Gasteiger partial charge in [0, 0.05) is 17.4 Å². The minimum absolute atomic E-state index is 0.359. The first kappa shape index (κ1) is 17.8. The normalized spacial score (nSPS) is 11.7. The van der Waals surface area contributed by atoms with E-state index in [4.69, 9.17) is 9.15 Å². The van der Waals surface area contributed by atoms with Crippen molar-refractivity contribution < 1.29 is 13.9 Å². The van der Waals surface area contributed by atoms with Crippen LogP contribution in [0.4, 0.5) is 4.79 Å². The van der Waals surface area contributed by atoms with Gasteiger partial charge in [0.25, 0.3) is 0 Å². The van der Waals surface area contributed by atoms with Gasteiger partial charge in [0.05, 0.1) is 0 Å². The van der Waals surface area contributed by atoms with Crippen LogP contribution in [-0.4, -0.2) is 23.2 Å². The number of aromatic nitrogens is 1. The van der Waals surface area contributed by atoms with Gasteiger partial charge in [0.1, 0.15) is 11.1 Å². The van der Waals surface area contributed by atoms with Crippen LogP contribution in [0.25, 0.3) is 11.1 Å². The standard InChI is InChI=1S/C17H23BrN2O3/c1-17(2,3)23-16(21)19-10-6-4-5-7-15-20-13-11-12(18)8-9-14(13)22-15/h8-9,11H,4-7,10H2,1-3H3,(H,19,21). The first-order valence-corrected chi connectivity index (χ1v) is 8.64. The molecule has 2 rings (SSSR count). The zero-order chi connectivity index (χ0) is 16.9. The SMILES string of the molecule is CC(C)(C)OC(=O)NCCCCCc1nc2cc(Br)ccc2o1. The summed E-state index contributed by atoms with van der Waals surface area (Å²) in [5.74, 6) is 0.762. The highest BCUT2D eigenvalue weighted by atomic mass is 79.9. The van der Waals surface area contributed by atoms with Crippen LogP contribution in [0.1, 0.15) is 45.9 Å². The Labute approximate surface area is 144 Å². The monoisotopic (exact) mass is 382 g/mol. The van der Waals surface area contributed by atoms with Crippen molar-refractivity contribution >= 4 is 33.1 Å². The van der Waals surface area contributed by atoms with Gasteiger partial charge in [-0.3, -0.25) is 0 Å². The predicted octanol–water partition coefficient (Wildman–Crippen LogP) is 4.83. The Hall–Kier alpha value is -1.56. The Morgan fingerprint density at radius 1 is 1.30 bits per heavy atom. The van der Waals surface area contributed by atoms with Gasteiger partial charge in [0.15, 0.2) is 11.5 Å². The highest BCUT2D eigenvalue weighted by Gasteiger charge is 2.15. The average molecular weight is 383 g/mol. The number of benzene rings is 1. The second kappa shape index (κ2) is 7.81. The Bertz CT molecular complexity index is 661. The number of unbranched alkanes of at least 4 members (excludes halogenated alkanes) is 2. The number of ether oxygens (including phenoxy) is 1. The molecule has 23 heavy (non-hydrogen) atoms. The molecule has 1 amide bonds. The number of nitrogens with zero attached hydrogens (tertiary/aromatic N) is 1. The first-order chi connectivity index (χ1) is 10.8. The molecule has 0 unspecified atom stereocenters. The van der Waals surface area contributed by atoms with Gasteiger partial charge in [-0.2, -0.15) is 0 Å². The summed E-state index contributed by atoms with van der Waals surface area (Å²) in [6.45, 7) is 6.18. The molecule has 6 heteroatoms. The van der Waals surface area contributed by atoms with Crippen LogP contribution in [0.15, 0.2) is 27.1 Å². The van der Waals surface area contributed by atoms with Crippen molar-refractivity contribution in [3.8, 4) is 0 Å². The van der Waals surface area contributed by atoms with Gasteiger partial charge in [-0.1, -0.05) is 22.4 Å². The summed E-state index contributed by atoms with van der Waals surface area (Å²) in [5.41, 5.74) is 1.24. The molecular formula is C17H23BrN2O3. The maximum absolute atomic E-state index is 11.5. The number of alkyl carbamates (subject to hydrolysis) is 1. The zero-order valence-electron chi connectivity index (χ0n) is 13.8. The van der Waals surface area contributed by atoms with E-state index in [-0.39, 0.29) is 6.09 Å². The predicted molar refractivity (Wildman–Crippen MR) is 93.5 cm³/mol. The second-order valence-corrected chi connectivity index (χ2v) is 7.37. The van der Waals surface area contributed by atoms with E-state index < -0.39 is 5.60 Å². The molecule has 0 aliphatic rings. The van der Waals surface area contributed by atoms with Crippen LogP contribution in [0.5, 0.6) is 0 Å². The van der Waals surface area contributed by atoms with E-state index in [1.807, 2.05) is 39.0 Å². The largest absolute Gasteiger partial charge is 0.444 e. The van der Waals surface area contributed by atoms with Crippen molar-refractivity contribution in [1.82, 2.24) is 10.3 Å². The number of aryl methyl sites for hydroxylation is 1. The van der Waals surface area contributed by atoms with Gasteiger partial charge < -0.3 is 14.5 Å². The number of fused-ring (bicyclic) bond motifs is 1. The molecule has 2 aromatic rings. The third-order valence-corrected chi connectivity index (χ3v) is 3.62. The maximum Gasteiger partial charge on any atom is 0.407 e. The number of halogens is 1. The minimum atomic E-state index is -0.452. The van der Waals surface area contributed by atoms with E-state index in [9.17, 15) is 4.79 Å². The van der Waals surface area contributed by atoms with Gasteiger partial charge in [-0.25, -0.2) is 9.78 Å². The Kier molecular flexibility index (Phi) is 6.04. The van der Waals surface area contributed by atoms with Crippen molar-refractivity contribution in [3.63, 3.8) is 0 Å². The fraction of sp³-hybridized carbons (Fsp3) is 0.529. The molecule has 1 aromatic heterocycles. The summed E-state index contributed by atoms with van der Waals surface area (Å²) >= 11 is 3.43. The van der Waals surface area contributed by atoms with Crippen LogP contribution in [0, 0.1) is 0 Å². The fourth-order valence-electron chi connectivity index (χ4n) is 2.14. The molecule has 1 aromatic carbocycles. The molecule has 0 saturated carbocycles. The van der Waals surface area contributed by atoms with Gasteiger partial charge >= 0.3 is 6.09 Å². The molecule has 5 nitrogen and oxygen atoms in total. The molecule has 0 saturated heterocycles. The summed E-state index contributed by atoms with van der Waals surface area (Å²) in [7, 11) is 0. The van der Waals surface area contributed by atoms with E-state index in [2.05, 4.69) is 26.2 Å². The summed E-state index contributed by atoms with van der Waals surface area (Å²) in [4.78, 5) is 16.0. The molecule has 0 atom stereocenters. The van der Waals surface area contributed by atoms with Crippen LogP contribution >= 0.6 is 15.9 Å². The van der Waals surface area contributed by atoms with E-state index in [0.29, 0.717) is 6.54 Å². The lowest BCUT2D eigenvalue weighted by Crippen LogP contribution is -2.32. The number of amides is 1. The highest BCUT2D eigenvalue weighted by molar-refractivity contribution is 9.10. The lowest BCUT2D eigenvalue weighted by molar-refractivity contribution is 0.0527. The third kappa shape index (κ3) is 6.22. The van der Waals surface area contributed by atoms with Crippen molar-refractivity contribution in [1.29, 1.82) is 0 Å². The van der Waals surface area contributed by atoms with Gasteiger partial charge in [0.2, 0.25) is 0 Å². The molecular weight excluding hydrogens is 360 g/mol. The second-order valence-electron chi connectivity index (χ2n) is 6.46. The number of hydrogen-bond donors (Lipinski definition) is 1. The van der Waals surface area contributed by atoms with E-state index in [1.165, 1.54) is 0 Å². The van der Waals surface area contributed by atoms with E-state index in [1.54, 1.807) is 0 Å². The lowest BCUT2D eigenvalue weighted by atomic mass is 10.2. The third-order valence-electron chi connectivity index (χ3n) is 3.13. The first-order valence-electron chi connectivity index (χ1n) is 7.85. The highest BCUT2D eigenvalue weighted by Crippen LogP contribution is 2.21. The molecule has 126 valence electrons. The summed E-state index contributed by atoms with van der Waals surface area (Å²) in [6.07, 6.45) is 3.33. The number of rotatable bonds is 6. The van der Waals surface area contributed by atoms with Crippen molar-refractivity contribution in [2.24, 2.45) is 0 Å². The smallest absolute Gasteiger partial charge is 0.407 e. The Morgan fingerprint density at radius 3 is 2.83 bits per heavy atom. The molecule has 1 N–H and O–H groups in total. The quantitative estimate of drug-likeness (QED) is 0.726. The number of nitrogens with one attached hydrogen (secondary N) is 1. The minimum Gasteiger partial charge on any atom is -0.444 e. The summed E-state index contributed by atoms with van der Waals surface area (Å²) in [6, 6.07) is 5.81. The molecule has 0 bridgehead atoms. The summed E-state index contributed by atoms with van der Waals surface area (Å²) < 4.78 is 11.9. The van der Waals surface area contributed by atoms with E-state index >= 15 is 0 Å². The molecule has 0 aliphatic heterocycles. The summed E-state index contributed by atoms with van der Waals surface area (Å²) in [5, 5.41) is 2.76. The number of carbonyl (C=O) groups is 1. The van der Waals surface area contributed by atoms with Crippen molar-refractivity contribution in [2.75, 3.05) is 6.54 Å². The fourth-order valence-corrected chi connectivity index (χ4v) is 2.49. The molecule has 0 fully saturated rings.